The van der Waals surface area contributed by atoms with E-state index in [4.69, 9.17) is 20.2 Å². The molecule has 3 heterocycles. The summed E-state index contributed by atoms with van der Waals surface area (Å²) < 4.78 is 11.7. The normalized spacial score (nSPS) is 23.7. The smallest absolute Gasteiger partial charge is 0.280 e. The third-order valence-corrected chi connectivity index (χ3v) is 9.72. The van der Waals surface area contributed by atoms with Crippen molar-refractivity contribution >= 4 is 17.6 Å². The van der Waals surface area contributed by atoms with Crippen LogP contribution in [0.1, 0.15) is 78.4 Å². The maximum atomic E-state index is 13.1. The first-order valence-corrected chi connectivity index (χ1v) is 16.0. The topological polar surface area (TPSA) is 96.0 Å². The molecule has 1 saturated carbocycles. The number of carbonyl (C=O) groups excluding carboxylic acids is 1. The largest absolute Gasteiger partial charge is 0.493 e. The standard InChI is InChI=1S/C34H46N6O3/c1-4-43-31-20-26-27(21-30(31)42-3)32(36-29-14-15-38(2)22-28(26)29)23-10-12-24(13-11-23)33(41)37-34(35)40-18-16-39(17-19-40)25-8-6-5-7-9-25/h10-13,20-21,25,28-29H,4-9,14-19,22H2,1-3H3,(H2,35,37,41)/t28-,29-/m1/s1. The number of ether oxygens (including phenoxy) is 2. The number of likely N-dealkylation sites (N-methyl/N-ethyl adjacent to an activating group) is 1. The summed E-state index contributed by atoms with van der Waals surface area (Å²) in [5, 5.41) is 0. The van der Waals surface area contributed by atoms with Crippen molar-refractivity contribution in [2.24, 2.45) is 15.7 Å². The third-order valence-electron chi connectivity index (χ3n) is 9.72. The molecule has 2 N–H and O–H groups in total. The number of rotatable bonds is 6. The predicted octanol–water partition coefficient (Wildman–Crippen LogP) is 4.14. The number of nitrogens with two attached hydrogens (primary N) is 1. The van der Waals surface area contributed by atoms with E-state index in [1.807, 2.05) is 36.1 Å². The van der Waals surface area contributed by atoms with E-state index in [1.165, 1.54) is 37.7 Å². The lowest BCUT2D eigenvalue weighted by atomic mass is 9.79. The number of carbonyl (C=O) groups is 1. The number of benzene rings is 2. The van der Waals surface area contributed by atoms with Crippen molar-refractivity contribution < 1.29 is 14.3 Å². The van der Waals surface area contributed by atoms with Crippen LogP contribution >= 0.6 is 0 Å². The third kappa shape index (κ3) is 6.29. The van der Waals surface area contributed by atoms with Gasteiger partial charge in [0.15, 0.2) is 17.5 Å². The minimum atomic E-state index is -0.317. The number of hydrogen-bond acceptors (Lipinski definition) is 6. The molecule has 3 aliphatic heterocycles. The number of piperazine rings is 1. The van der Waals surface area contributed by atoms with Crippen LogP contribution in [0.15, 0.2) is 46.4 Å². The Bertz CT molecular complexity index is 1360. The second-order valence-electron chi connectivity index (χ2n) is 12.4. The number of guanidine groups is 1. The number of piperidine rings is 1. The molecule has 230 valence electrons. The quantitative estimate of drug-likeness (QED) is 0.402. The maximum Gasteiger partial charge on any atom is 0.280 e. The van der Waals surface area contributed by atoms with Gasteiger partial charge in [0.1, 0.15) is 0 Å². The lowest BCUT2D eigenvalue weighted by Crippen LogP contribution is -2.54. The molecule has 0 spiro atoms. The predicted molar refractivity (Wildman–Crippen MR) is 171 cm³/mol. The Balaban J connectivity index is 1.19. The molecule has 1 aliphatic carbocycles. The number of nitrogens with zero attached hydrogens (tertiary/aromatic N) is 5. The van der Waals surface area contributed by atoms with E-state index in [1.54, 1.807) is 7.11 Å². The zero-order valence-corrected chi connectivity index (χ0v) is 25.9. The van der Waals surface area contributed by atoms with Gasteiger partial charge in [-0.15, -0.1) is 0 Å². The first kappa shape index (κ1) is 29.6. The summed E-state index contributed by atoms with van der Waals surface area (Å²) in [5.74, 6) is 1.76. The van der Waals surface area contributed by atoms with E-state index < -0.39 is 0 Å². The fraction of sp³-hybridized carbons (Fsp3) is 0.559. The van der Waals surface area contributed by atoms with Crippen LogP contribution in [0, 0.1) is 0 Å². The fourth-order valence-electron chi connectivity index (χ4n) is 7.32. The number of methoxy groups -OCH3 is 1. The number of likely N-dealkylation sites (tertiary alicyclic amines) is 1. The minimum absolute atomic E-state index is 0.200. The van der Waals surface area contributed by atoms with Gasteiger partial charge in [0, 0.05) is 61.4 Å². The average molecular weight is 587 g/mol. The Kier molecular flexibility index (Phi) is 9.00. The van der Waals surface area contributed by atoms with E-state index in [0.717, 1.165) is 68.3 Å². The molecule has 2 aromatic rings. The van der Waals surface area contributed by atoms with Gasteiger partial charge in [-0.25, -0.2) is 0 Å². The summed E-state index contributed by atoms with van der Waals surface area (Å²) in [4.78, 5) is 29.7. The molecule has 43 heavy (non-hydrogen) atoms. The lowest BCUT2D eigenvalue weighted by molar-refractivity contribution is 0.0985. The van der Waals surface area contributed by atoms with Crippen molar-refractivity contribution in [2.45, 2.75) is 63.5 Å². The monoisotopic (exact) mass is 586 g/mol. The molecule has 2 saturated heterocycles. The van der Waals surface area contributed by atoms with E-state index in [9.17, 15) is 4.79 Å². The van der Waals surface area contributed by atoms with E-state index in [-0.39, 0.29) is 11.9 Å². The van der Waals surface area contributed by atoms with Crippen LogP contribution < -0.4 is 15.2 Å². The van der Waals surface area contributed by atoms with Crippen LogP contribution in [0.2, 0.25) is 0 Å². The van der Waals surface area contributed by atoms with Crippen LogP contribution in [0.25, 0.3) is 0 Å². The van der Waals surface area contributed by atoms with Crippen molar-refractivity contribution in [1.29, 1.82) is 0 Å². The Hall–Kier alpha value is -3.43. The lowest BCUT2D eigenvalue weighted by Gasteiger charge is -2.41. The highest BCUT2D eigenvalue weighted by atomic mass is 16.5. The van der Waals surface area contributed by atoms with E-state index in [2.05, 4.69) is 34.0 Å². The number of amides is 1. The van der Waals surface area contributed by atoms with Crippen LogP contribution in [-0.4, -0.2) is 104 Å². The first-order valence-electron chi connectivity index (χ1n) is 16.0. The second kappa shape index (κ2) is 13.1. The molecule has 0 bridgehead atoms. The SMILES string of the molecule is CCOc1cc2c(cc1OC)C(c1ccc(C(=O)N=C(N)N3CCN(C4CCCCC4)CC3)cc1)=N[C@@H]1CCN(C)C[C@H]21. The van der Waals surface area contributed by atoms with Gasteiger partial charge in [-0.3, -0.25) is 14.7 Å². The van der Waals surface area contributed by atoms with Crippen LogP contribution in [0.5, 0.6) is 11.5 Å². The summed E-state index contributed by atoms with van der Waals surface area (Å²) in [6.07, 6.45) is 7.64. The van der Waals surface area contributed by atoms with Gasteiger partial charge in [-0.1, -0.05) is 31.4 Å². The van der Waals surface area contributed by atoms with Gasteiger partial charge >= 0.3 is 0 Å². The van der Waals surface area contributed by atoms with Gasteiger partial charge in [-0.2, -0.15) is 4.99 Å². The van der Waals surface area contributed by atoms with Crippen molar-refractivity contribution in [3.63, 3.8) is 0 Å². The zero-order chi connectivity index (χ0) is 29.9. The summed E-state index contributed by atoms with van der Waals surface area (Å²) in [6, 6.07) is 12.7. The Labute approximate surface area is 255 Å². The molecule has 3 fully saturated rings. The first-order chi connectivity index (χ1) is 20.9. The molecular formula is C34H46N6O3. The molecule has 0 radical (unpaired) electrons. The Morgan fingerprint density at radius 1 is 1.00 bits per heavy atom. The van der Waals surface area contributed by atoms with E-state index >= 15 is 0 Å². The second-order valence-corrected chi connectivity index (χ2v) is 12.4. The van der Waals surface area contributed by atoms with Crippen LogP contribution in [0.3, 0.4) is 0 Å². The van der Waals surface area contributed by atoms with Crippen molar-refractivity contribution in [1.82, 2.24) is 14.7 Å². The molecule has 4 aliphatic rings. The van der Waals surface area contributed by atoms with Crippen molar-refractivity contribution in [3.05, 3.63) is 58.7 Å². The minimum Gasteiger partial charge on any atom is -0.493 e. The highest BCUT2D eigenvalue weighted by Crippen LogP contribution is 2.42. The van der Waals surface area contributed by atoms with Gasteiger partial charge < -0.3 is 25.0 Å². The molecule has 6 rings (SSSR count). The molecule has 9 heteroatoms. The number of fused-ring (bicyclic) bond motifs is 3. The summed E-state index contributed by atoms with van der Waals surface area (Å²) in [5.41, 5.74) is 11.1. The highest BCUT2D eigenvalue weighted by molar-refractivity contribution is 6.15. The number of aliphatic imine (C=N–C) groups is 2. The van der Waals surface area contributed by atoms with Crippen LogP contribution in [0.4, 0.5) is 0 Å². The zero-order valence-electron chi connectivity index (χ0n) is 25.9. The Morgan fingerprint density at radius 3 is 2.44 bits per heavy atom. The van der Waals surface area contributed by atoms with E-state index in [0.29, 0.717) is 35.8 Å². The average Bonchev–Trinajstić information content (AvgIpc) is 3.05. The molecule has 0 aromatic heterocycles. The molecule has 1 amide bonds. The van der Waals surface area contributed by atoms with Gasteiger partial charge in [0.05, 0.1) is 25.5 Å². The summed E-state index contributed by atoms with van der Waals surface area (Å²) >= 11 is 0. The van der Waals surface area contributed by atoms with Crippen LogP contribution in [-0.2, 0) is 0 Å². The fourth-order valence-corrected chi connectivity index (χ4v) is 7.32. The molecule has 0 unspecified atom stereocenters. The van der Waals surface area contributed by atoms with Gasteiger partial charge in [-0.05, 0) is 69.6 Å². The molecule has 2 atom stereocenters. The summed E-state index contributed by atoms with van der Waals surface area (Å²) in [6.45, 7) is 8.10. The Morgan fingerprint density at radius 2 is 1.74 bits per heavy atom. The maximum absolute atomic E-state index is 13.1. The molecule has 2 aromatic carbocycles. The summed E-state index contributed by atoms with van der Waals surface area (Å²) in [7, 11) is 3.84. The highest BCUT2D eigenvalue weighted by Gasteiger charge is 2.36. The van der Waals surface area contributed by atoms with Crippen molar-refractivity contribution in [3.8, 4) is 11.5 Å². The van der Waals surface area contributed by atoms with Crippen molar-refractivity contribution in [2.75, 3.05) is 60.0 Å². The van der Waals surface area contributed by atoms with Gasteiger partial charge in [0.2, 0.25) is 0 Å². The number of hydrogen-bond donors (Lipinski definition) is 1. The van der Waals surface area contributed by atoms with Gasteiger partial charge in [0.25, 0.3) is 5.91 Å². The molecule has 9 nitrogen and oxygen atoms in total. The molecular weight excluding hydrogens is 540 g/mol.